The van der Waals surface area contributed by atoms with E-state index in [9.17, 15) is 15.2 Å². The van der Waals surface area contributed by atoms with Crippen LogP contribution < -0.4 is 15.4 Å². The summed E-state index contributed by atoms with van der Waals surface area (Å²) in [4.78, 5) is 12.0. The van der Waals surface area contributed by atoms with Crippen molar-refractivity contribution in [3.63, 3.8) is 0 Å². The molecule has 25 heavy (non-hydrogen) atoms. The third kappa shape index (κ3) is 7.55. The number of hydrogen-bond donors (Lipinski definition) is 3. The molecule has 1 atom stereocenters. The van der Waals surface area contributed by atoms with Crippen LogP contribution in [-0.2, 0) is 4.79 Å². The van der Waals surface area contributed by atoms with Crippen LogP contribution in [0.25, 0.3) is 0 Å². The lowest BCUT2D eigenvalue weighted by molar-refractivity contribution is -0.123. The molecule has 1 rings (SSSR count). The average Bonchev–Trinajstić information content (AvgIpc) is 2.49. The Morgan fingerprint density at radius 3 is 2.44 bits per heavy atom. The summed E-state index contributed by atoms with van der Waals surface area (Å²) in [5, 5.41) is 25.2. The first-order valence-electron chi connectivity index (χ1n) is 8.34. The number of hydrogen-bond acceptors (Lipinski definition) is 5. The molecule has 1 aromatic carbocycles. The van der Waals surface area contributed by atoms with Gasteiger partial charge in [-0.1, -0.05) is 20.8 Å². The zero-order valence-electron chi connectivity index (χ0n) is 15.9. The molecular formula is C19H29N3O3. The van der Waals surface area contributed by atoms with Crippen molar-refractivity contribution in [3.05, 3.63) is 23.8 Å². The number of carbonyl (C=O) groups excluding carboxylic acids is 1. The lowest BCUT2D eigenvalue weighted by Gasteiger charge is -2.23. The van der Waals surface area contributed by atoms with Crippen LogP contribution in [0.1, 0.15) is 47.1 Å². The first-order chi connectivity index (χ1) is 11.4. The summed E-state index contributed by atoms with van der Waals surface area (Å²) in [6.45, 7) is 12.0. The number of amides is 1. The Balaban J connectivity index is 2.70. The molecule has 0 aliphatic heterocycles. The molecule has 1 amide bonds. The summed E-state index contributed by atoms with van der Waals surface area (Å²) < 4.78 is 5.56. The van der Waals surface area contributed by atoms with Crippen molar-refractivity contribution in [2.75, 3.05) is 18.5 Å². The molecule has 1 unspecified atom stereocenters. The topological polar surface area (TPSA) is 94.4 Å². The smallest absolute Gasteiger partial charge is 0.229 e. The van der Waals surface area contributed by atoms with Gasteiger partial charge in [-0.05, 0) is 39.0 Å². The van der Waals surface area contributed by atoms with Crippen molar-refractivity contribution in [3.8, 4) is 11.8 Å². The number of nitrogens with zero attached hydrogens (tertiary/aromatic N) is 1. The molecule has 0 heterocycles. The van der Waals surface area contributed by atoms with Crippen molar-refractivity contribution >= 4 is 11.6 Å². The normalized spacial score (nSPS) is 13.0. The Morgan fingerprint density at radius 1 is 1.28 bits per heavy atom. The van der Waals surface area contributed by atoms with E-state index in [-0.39, 0.29) is 18.1 Å². The van der Waals surface area contributed by atoms with E-state index in [1.807, 2.05) is 41.5 Å². The van der Waals surface area contributed by atoms with Gasteiger partial charge < -0.3 is 20.5 Å². The van der Waals surface area contributed by atoms with Crippen LogP contribution in [0.5, 0.6) is 5.75 Å². The molecule has 0 bridgehead atoms. The van der Waals surface area contributed by atoms with E-state index < -0.39 is 11.5 Å². The maximum Gasteiger partial charge on any atom is 0.229 e. The molecule has 0 aliphatic rings. The summed E-state index contributed by atoms with van der Waals surface area (Å²) in [5.41, 5.74) is 0.235. The Labute approximate surface area is 150 Å². The van der Waals surface area contributed by atoms with Gasteiger partial charge in [0.15, 0.2) is 0 Å². The molecule has 0 saturated carbocycles. The first-order valence-corrected chi connectivity index (χ1v) is 8.34. The second-order valence-electron chi connectivity index (χ2n) is 8.12. The van der Waals surface area contributed by atoms with Gasteiger partial charge in [-0.25, -0.2) is 0 Å². The third-order valence-corrected chi connectivity index (χ3v) is 3.34. The molecule has 6 heteroatoms. The second-order valence-corrected chi connectivity index (χ2v) is 8.12. The number of ether oxygens (including phenoxy) is 1. The Hall–Kier alpha value is -2.10. The van der Waals surface area contributed by atoms with E-state index >= 15 is 0 Å². The first kappa shape index (κ1) is 20.9. The van der Waals surface area contributed by atoms with Crippen LogP contribution in [0.4, 0.5) is 5.69 Å². The Morgan fingerprint density at radius 2 is 1.92 bits per heavy atom. The minimum atomic E-state index is -0.689. The van der Waals surface area contributed by atoms with Crippen LogP contribution >= 0.6 is 0 Å². The summed E-state index contributed by atoms with van der Waals surface area (Å²) in [5.74, 6) is 0.250. The predicted octanol–water partition coefficient (Wildman–Crippen LogP) is 2.67. The highest BCUT2D eigenvalue weighted by Crippen LogP contribution is 2.24. The molecule has 0 spiro atoms. The van der Waals surface area contributed by atoms with Crippen LogP contribution in [0.2, 0.25) is 0 Å². The maximum absolute atomic E-state index is 12.0. The highest BCUT2D eigenvalue weighted by molar-refractivity contribution is 5.94. The van der Waals surface area contributed by atoms with Crippen molar-refractivity contribution in [2.45, 2.75) is 53.2 Å². The van der Waals surface area contributed by atoms with Crippen LogP contribution in [-0.4, -0.2) is 35.8 Å². The van der Waals surface area contributed by atoms with Gasteiger partial charge in [0.2, 0.25) is 5.91 Å². The number of carbonyl (C=O) groups is 1. The number of anilines is 1. The molecule has 6 nitrogen and oxygen atoms in total. The van der Waals surface area contributed by atoms with Crippen LogP contribution in [0.15, 0.2) is 18.2 Å². The van der Waals surface area contributed by atoms with Gasteiger partial charge in [0.05, 0.1) is 5.56 Å². The lowest BCUT2D eigenvalue weighted by Crippen LogP contribution is -2.42. The largest absolute Gasteiger partial charge is 0.489 e. The quantitative estimate of drug-likeness (QED) is 0.735. The Bertz CT molecular complexity index is 637. The molecule has 0 aromatic heterocycles. The van der Waals surface area contributed by atoms with Gasteiger partial charge in [-0.15, -0.1) is 0 Å². The third-order valence-electron chi connectivity index (χ3n) is 3.34. The zero-order valence-corrected chi connectivity index (χ0v) is 15.9. The van der Waals surface area contributed by atoms with Crippen molar-refractivity contribution in [1.82, 2.24) is 5.32 Å². The number of rotatable bonds is 6. The minimum absolute atomic E-state index is 0.0749. The van der Waals surface area contributed by atoms with Crippen molar-refractivity contribution in [1.29, 1.82) is 5.26 Å². The van der Waals surface area contributed by atoms with Gasteiger partial charge in [0.25, 0.3) is 0 Å². The molecule has 1 aromatic rings. The zero-order chi connectivity index (χ0) is 19.3. The highest BCUT2D eigenvalue weighted by Gasteiger charge is 2.21. The summed E-state index contributed by atoms with van der Waals surface area (Å²) in [6, 6.07) is 6.93. The number of aliphatic hydroxyl groups is 1. The average molecular weight is 347 g/mol. The van der Waals surface area contributed by atoms with E-state index in [4.69, 9.17) is 4.74 Å². The molecule has 3 N–H and O–H groups in total. The molecule has 0 aliphatic carbocycles. The molecule has 0 saturated heterocycles. The van der Waals surface area contributed by atoms with Gasteiger partial charge >= 0.3 is 0 Å². The van der Waals surface area contributed by atoms with Crippen molar-refractivity contribution in [2.24, 2.45) is 5.41 Å². The van der Waals surface area contributed by atoms with Crippen molar-refractivity contribution < 1.29 is 14.6 Å². The minimum Gasteiger partial charge on any atom is -0.489 e. The molecular weight excluding hydrogens is 318 g/mol. The Kier molecular flexibility index (Phi) is 6.97. The molecule has 138 valence electrons. The summed E-state index contributed by atoms with van der Waals surface area (Å²) >= 11 is 0. The number of nitrogens with one attached hydrogen (secondary N) is 2. The van der Waals surface area contributed by atoms with E-state index in [1.54, 1.807) is 18.2 Å². The van der Waals surface area contributed by atoms with Gasteiger partial charge in [-0.3, -0.25) is 4.79 Å². The number of benzene rings is 1. The van der Waals surface area contributed by atoms with E-state index in [1.165, 1.54) is 0 Å². The fraction of sp³-hybridized carbons (Fsp3) is 0.579. The maximum atomic E-state index is 12.0. The number of β-amino-alcohol motifs (C(OH)–C–C–N with tert-alkyl or cyclic N) is 1. The molecule has 0 radical (unpaired) electrons. The van der Waals surface area contributed by atoms with E-state index in [0.717, 1.165) is 0 Å². The summed E-state index contributed by atoms with van der Waals surface area (Å²) in [6.07, 6.45) is -0.689. The van der Waals surface area contributed by atoms with Gasteiger partial charge in [-0.2, -0.15) is 5.26 Å². The van der Waals surface area contributed by atoms with Gasteiger partial charge in [0.1, 0.15) is 24.5 Å². The molecule has 0 fully saturated rings. The second kappa shape index (κ2) is 8.32. The SMILES string of the molecule is CC(C)(C)NCC(O)COc1ccc(NC(=O)C(C)(C)C)cc1C#N. The number of nitriles is 1. The monoisotopic (exact) mass is 347 g/mol. The standard InChI is InChI=1S/C19H29N3O3/c1-18(2,3)17(24)22-14-7-8-16(13(9-14)10-20)25-12-15(23)11-21-19(4,5)6/h7-9,15,21,23H,11-12H2,1-6H3,(H,22,24). The van der Waals surface area contributed by atoms with Crippen LogP contribution in [0.3, 0.4) is 0 Å². The fourth-order valence-corrected chi connectivity index (χ4v) is 1.81. The van der Waals surface area contributed by atoms with E-state index in [0.29, 0.717) is 23.5 Å². The van der Waals surface area contributed by atoms with E-state index in [2.05, 4.69) is 16.7 Å². The fourth-order valence-electron chi connectivity index (χ4n) is 1.81. The predicted molar refractivity (Wildman–Crippen MR) is 98.5 cm³/mol. The highest BCUT2D eigenvalue weighted by atomic mass is 16.5. The summed E-state index contributed by atoms with van der Waals surface area (Å²) in [7, 11) is 0. The van der Waals surface area contributed by atoms with Gasteiger partial charge in [0, 0.05) is 23.2 Å². The van der Waals surface area contributed by atoms with Crippen LogP contribution in [0, 0.1) is 16.7 Å². The lowest BCUT2D eigenvalue weighted by atomic mass is 9.95. The number of aliphatic hydroxyl groups excluding tert-OH is 1.